The molecule has 0 N–H and O–H groups in total. The van der Waals surface area contributed by atoms with E-state index < -0.39 is 0 Å². The fourth-order valence-electron chi connectivity index (χ4n) is 4.22. The summed E-state index contributed by atoms with van der Waals surface area (Å²) in [4.78, 5) is 14.1. The van der Waals surface area contributed by atoms with Gasteiger partial charge in [-0.25, -0.2) is 4.57 Å². The van der Waals surface area contributed by atoms with Crippen molar-refractivity contribution in [3.63, 3.8) is 0 Å². The molecule has 194 valence electrons. The molecular formula is C30H47N2O3+. The summed E-state index contributed by atoms with van der Waals surface area (Å²) in [5.41, 5.74) is 2.15. The number of hydrogen-bond donors (Lipinski definition) is 0. The molecule has 5 nitrogen and oxygen atoms in total. The number of ether oxygens (including phenoxy) is 2. The molecule has 1 amide bonds. The third kappa shape index (κ3) is 11.1. The number of amides is 1. The second-order valence-corrected chi connectivity index (χ2v) is 9.43. The predicted molar refractivity (Wildman–Crippen MR) is 143 cm³/mol. The highest BCUT2D eigenvalue weighted by molar-refractivity contribution is 5.73. The quantitative estimate of drug-likeness (QED) is 0.172. The summed E-state index contributed by atoms with van der Waals surface area (Å²) in [5.74, 6) is 1.55. The molecule has 0 unspecified atom stereocenters. The van der Waals surface area contributed by atoms with Gasteiger partial charge >= 0.3 is 0 Å². The minimum absolute atomic E-state index is 0.0532. The largest absolute Gasteiger partial charge is 0.493 e. The van der Waals surface area contributed by atoms with Crippen molar-refractivity contribution in [2.75, 3.05) is 13.7 Å². The van der Waals surface area contributed by atoms with E-state index in [1.54, 1.807) is 14.0 Å². The fourth-order valence-corrected chi connectivity index (χ4v) is 4.22. The van der Waals surface area contributed by atoms with Crippen LogP contribution >= 0.6 is 0 Å². The highest BCUT2D eigenvalue weighted by atomic mass is 16.5. The van der Waals surface area contributed by atoms with E-state index >= 15 is 0 Å². The van der Waals surface area contributed by atoms with E-state index in [2.05, 4.69) is 42.9 Å². The number of nitrogens with zero attached hydrogens (tertiary/aromatic N) is 2. The van der Waals surface area contributed by atoms with Gasteiger partial charge in [0.2, 0.25) is 5.91 Å². The number of aromatic nitrogens is 1. The average molecular weight is 484 g/mol. The SMILES string of the molecule is CCCCCCCCCCCCOc1ccc(CN(Cc2cc[n+](CC)cc2)C(C)=O)cc1OC. The number of unbranched alkanes of at least 4 members (excludes halogenated alkanes) is 9. The van der Waals surface area contributed by atoms with Gasteiger partial charge in [-0.1, -0.05) is 70.8 Å². The summed E-state index contributed by atoms with van der Waals surface area (Å²) < 4.78 is 13.7. The van der Waals surface area contributed by atoms with E-state index in [-0.39, 0.29) is 5.91 Å². The minimum Gasteiger partial charge on any atom is -0.493 e. The molecule has 0 fully saturated rings. The van der Waals surface area contributed by atoms with Crippen molar-refractivity contribution in [3.8, 4) is 11.5 Å². The molecule has 0 aliphatic rings. The molecule has 0 saturated carbocycles. The average Bonchev–Trinajstić information content (AvgIpc) is 2.87. The van der Waals surface area contributed by atoms with Gasteiger partial charge in [-0.15, -0.1) is 0 Å². The molecule has 0 radical (unpaired) electrons. The van der Waals surface area contributed by atoms with Crippen LogP contribution in [0.3, 0.4) is 0 Å². The van der Waals surface area contributed by atoms with Crippen LogP contribution in [0.1, 0.15) is 96.1 Å². The van der Waals surface area contributed by atoms with Crippen LogP contribution in [0.2, 0.25) is 0 Å². The first kappa shape index (κ1) is 28.7. The van der Waals surface area contributed by atoms with Gasteiger partial charge in [0, 0.05) is 32.1 Å². The van der Waals surface area contributed by atoms with E-state index in [0.717, 1.165) is 35.6 Å². The Hall–Kier alpha value is -2.56. The molecule has 0 spiro atoms. The molecule has 1 heterocycles. The Morgan fingerprint density at radius 2 is 1.40 bits per heavy atom. The first-order valence-corrected chi connectivity index (χ1v) is 13.6. The van der Waals surface area contributed by atoms with Crippen molar-refractivity contribution in [1.82, 2.24) is 4.90 Å². The van der Waals surface area contributed by atoms with Crippen LogP contribution in [0.4, 0.5) is 0 Å². The highest BCUT2D eigenvalue weighted by Crippen LogP contribution is 2.29. The van der Waals surface area contributed by atoms with Crippen molar-refractivity contribution >= 4 is 5.91 Å². The van der Waals surface area contributed by atoms with Gasteiger partial charge in [-0.05, 0) is 36.6 Å². The van der Waals surface area contributed by atoms with E-state index in [4.69, 9.17) is 9.47 Å². The first-order chi connectivity index (χ1) is 17.1. The zero-order valence-electron chi connectivity index (χ0n) is 22.6. The Balaban J connectivity index is 1.77. The van der Waals surface area contributed by atoms with Crippen LogP contribution in [0, 0.1) is 0 Å². The summed E-state index contributed by atoms with van der Waals surface area (Å²) in [6.07, 6.45) is 17.2. The Morgan fingerprint density at radius 1 is 0.800 bits per heavy atom. The van der Waals surface area contributed by atoms with Gasteiger partial charge in [-0.2, -0.15) is 0 Å². The summed E-state index contributed by atoms with van der Waals surface area (Å²) in [7, 11) is 1.67. The van der Waals surface area contributed by atoms with Crippen LogP contribution in [0.15, 0.2) is 42.7 Å². The van der Waals surface area contributed by atoms with Crippen LogP contribution in [0.5, 0.6) is 11.5 Å². The van der Waals surface area contributed by atoms with Gasteiger partial charge < -0.3 is 14.4 Å². The number of pyridine rings is 1. The normalized spacial score (nSPS) is 10.9. The lowest BCUT2D eigenvalue weighted by Crippen LogP contribution is -2.32. The van der Waals surface area contributed by atoms with Gasteiger partial charge in [0.25, 0.3) is 0 Å². The minimum atomic E-state index is 0.0532. The lowest BCUT2D eigenvalue weighted by Gasteiger charge is -2.22. The van der Waals surface area contributed by atoms with Gasteiger partial charge in [-0.3, -0.25) is 4.79 Å². The Morgan fingerprint density at radius 3 is 1.97 bits per heavy atom. The van der Waals surface area contributed by atoms with Gasteiger partial charge in [0.05, 0.1) is 13.7 Å². The zero-order chi connectivity index (χ0) is 25.3. The molecule has 0 saturated heterocycles. The summed E-state index contributed by atoms with van der Waals surface area (Å²) in [5, 5.41) is 0. The van der Waals surface area contributed by atoms with Gasteiger partial charge in [0.1, 0.15) is 6.54 Å². The number of methoxy groups -OCH3 is 1. The highest BCUT2D eigenvalue weighted by Gasteiger charge is 2.13. The smallest absolute Gasteiger partial charge is 0.220 e. The molecule has 35 heavy (non-hydrogen) atoms. The fraction of sp³-hybridized carbons (Fsp3) is 0.600. The molecule has 0 aliphatic carbocycles. The van der Waals surface area contributed by atoms with Crippen LogP contribution < -0.4 is 14.0 Å². The van der Waals surface area contributed by atoms with E-state index in [9.17, 15) is 4.79 Å². The number of benzene rings is 1. The lowest BCUT2D eigenvalue weighted by molar-refractivity contribution is -0.693. The Kier molecular flexibility index (Phi) is 13.9. The zero-order valence-corrected chi connectivity index (χ0v) is 22.6. The molecular weight excluding hydrogens is 436 g/mol. The monoisotopic (exact) mass is 483 g/mol. The van der Waals surface area contributed by atoms with Crippen molar-refractivity contribution in [2.45, 2.75) is 105 Å². The number of aryl methyl sites for hydroxylation is 1. The Bertz CT molecular complexity index is 851. The number of carbonyl (C=O) groups is 1. The standard InChI is InChI=1S/C30H47N2O3/c1-5-7-8-9-10-11-12-13-14-15-22-35-29-17-16-28(23-30(29)34-4)25-32(26(3)33)24-27-18-20-31(6-2)21-19-27/h16-21,23H,5-15,22,24-25H2,1-4H3/q+1. The summed E-state index contributed by atoms with van der Waals surface area (Å²) >= 11 is 0. The maximum absolute atomic E-state index is 12.3. The third-order valence-electron chi connectivity index (χ3n) is 6.50. The van der Waals surface area contributed by atoms with E-state index in [0.29, 0.717) is 19.7 Å². The van der Waals surface area contributed by atoms with Crippen molar-refractivity contribution < 1.29 is 18.8 Å². The van der Waals surface area contributed by atoms with E-state index in [1.807, 2.05) is 23.1 Å². The summed E-state index contributed by atoms with van der Waals surface area (Å²) in [6, 6.07) is 10.1. The van der Waals surface area contributed by atoms with Crippen molar-refractivity contribution in [1.29, 1.82) is 0 Å². The maximum Gasteiger partial charge on any atom is 0.220 e. The maximum atomic E-state index is 12.3. The van der Waals surface area contributed by atoms with Gasteiger partial charge in [0.15, 0.2) is 23.9 Å². The van der Waals surface area contributed by atoms with Crippen LogP contribution in [0.25, 0.3) is 0 Å². The molecule has 2 aromatic rings. The van der Waals surface area contributed by atoms with Crippen LogP contribution in [-0.2, 0) is 24.4 Å². The van der Waals surface area contributed by atoms with Crippen LogP contribution in [-0.4, -0.2) is 24.5 Å². The second-order valence-electron chi connectivity index (χ2n) is 9.43. The van der Waals surface area contributed by atoms with Crippen molar-refractivity contribution in [3.05, 3.63) is 53.9 Å². The molecule has 5 heteroatoms. The Labute approximate surface area is 213 Å². The number of rotatable bonds is 18. The summed E-state index contributed by atoms with van der Waals surface area (Å²) in [6.45, 7) is 8.76. The number of hydrogen-bond acceptors (Lipinski definition) is 3. The molecule has 2 rings (SSSR count). The predicted octanol–water partition coefficient (Wildman–Crippen LogP) is 6.85. The molecule has 1 aromatic carbocycles. The second kappa shape index (κ2) is 17.0. The molecule has 0 aliphatic heterocycles. The topological polar surface area (TPSA) is 42.7 Å². The molecule has 1 aromatic heterocycles. The van der Waals surface area contributed by atoms with Crippen molar-refractivity contribution in [2.24, 2.45) is 0 Å². The third-order valence-corrected chi connectivity index (χ3v) is 6.50. The molecule has 0 bridgehead atoms. The lowest BCUT2D eigenvalue weighted by atomic mass is 10.1. The molecule has 0 atom stereocenters. The number of carbonyl (C=O) groups excluding carboxylic acids is 1. The van der Waals surface area contributed by atoms with E-state index in [1.165, 1.54) is 57.8 Å². The first-order valence-electron chi connectivity index (χ1n) is 13.6.